The molecule has 0 spiro atoms. The second-order valence-electron chi connectivity index (χ2n) is 8.71. The predicted molar refractivity (Wildman–Crippen MR) is 141 cm³/mol. The lowest BCUT2D eigenvalue weighted by molar-refractivity contribution is 0.354. The number of aromatic nitrogens is 6. The van der Waals surface area contributed by atoms with Crippen LogP contribution in [0.25, 0.3) is 33.3 Å². The minimum absolute atomic E-state index is 0.146. The van der Waals surface area contributed by atoms with Gasteiger partial charge in [0.1, 0.15) is 11.5 Å². The Kier molecular flexibility index (Phi) is 5.65. The van der Waals surface area contributed by atoms with Crippen LogP contribution in [0.4, 0.5) is 0 Å². The summed E-state index contributed by atoms with van der Waals surface area (Å²) in [4.78, 5) is 21.7. The second kappa shape index (κ2) is 9.27. The molecule has 37 heavy (non-hydrogen) atoms. The van der Waals surface area contributed by atoms with E-state index in [-0.39, 0.29) is 12.1 Å². The molecule has 3 aromatic heterocycles. The summed E-state index contributed by atoms with van der Waals surface area (Å²) in [7, 11) is 3.22. The third-order valence-corrected chi connectivity index (χ3v) is 6.35. The first kappa shape index (κ1) is 22.5. The maximum Gasteiger partial charge on any atom is 0.262 e. The molecule has 0 amide bonds. The monoisotopic (exact) mass is 492 g/mol. The molecule has 1 N–H and O–H groups in total. The Labute approximate surface area is 211 Å². The third-order valence-electron chi connectivity index (χ3n) is 6.35. The van der Waals surface area contributed by atoms with Crippen molar-refractivity contribution < 1.29 is 9.47 Å². The van der Waals surface area contributed by atoms with Crippen molar-refractivity contribution in [2.75, 3.05) is 14.2 Å². The summed E-state index contributed by atoms with van der Waals surface area (Å²) in [6.07, 6.45) is 1.85. The molecular formula is C28H24N6O3. The Bertz CT molecular complexity index is 1770. The van der Waals surface area contributed by atoms with E-state index in [0.29, 0.717) is 35.1 Å². The largest absolute Gasteiger partial charge is 0.493 e. The molecule has 0 saturated heterocycles. The minimum Gasteiger partial charge on any atom is -0.493 e. The third kappa shape index (κ3) is 4.20. The van der Waals surface area contributed by atoms with Crippen molar-refractivity contribution in [3.63, 3.8) is 0 Å². The fourth-order valence-electron chi connectivity index (χ4n) is 4.55. The van der Waals surface area contributed by atoms with E-state index in [2.05, 4.69) is 20.3 Å². The van der Waals surface area contributed by atoms with E-state index in [1.165, 1.54) is 0 Å². The second-order valence-corrected chi connectivity index (χ2v) is 8.71. The van der Waals surface area contributed by atoms with Crippen molar-refractivity contribution in [1.82, 2.24) is 29.5 Å². The van der Waals surface area contributed by atoms with Gasteiger partial charge in [-0.2, -0.15) is 0 Å². The van der Waals surface area contributed by atoms with Crippen molar-refractivity contribution in [1.29, 1.82) is 0 Å². The first-order valence-electron chi connectivity index (χ1n) is 11.8. The smallest absolute Gasteiger partial charge is 0.262 e. The van der Waals surface area contributed by atoms with Crippen molar-refractivity contribution >= 4 is 21.9 Å². The number of hydrogen-bond donors (Lipinski definition) is 1. The topological polar surface area (TPSA) is 99.9 Å². The van der Waals surface area contributed by atoms with Gasteiger partial charge >= 0.3 is 0 Å². The summed E-state index contributed by atoms with van der Waals surface area (Å²) in [6, 6.07) is 23.2. The first-order chi connectivity index (χ1) is 18.1. The van der Waals surface area contributed by atoms with Crippen LogP contribution < -0.4 is 15.0 Å². The molecule has 6 rings (SSSR count). The summed E-state index contributed by atoms with van der Waals surface area (Å²) in [6.45, 7) is 0.779. The fraction of sp³-hybridized carbons (Fsp3) is 0.143. The van der Waals surface area contributed by atoms with Gasteiger partial charge in [0.2, 0.25) is 0 Å². The summed E-state index contributed by atoms with van der Waals surface area (Å²) in [5, 5.41) is 9.57. The van der Waals surface area contributed by atoms with Crippen molar-refractivity contribution in [2.24, 2.45) is 0 Å². The normalized spacial score (nSPS) is 11.3. The van der Waals surface area contributed by atoms with Crippen LogP contribution in [-0.2, 0) is 13.1 Å². The van der Waals surface area contributed by atoms with Crippen molar-refractivity contribution in [3.05, 3.63) is 101 Å². The van der Waals surface area contributed by atoms with Gasteiger partial charge in [0, 0.05) is 0 Å². The van der Waals surface area contributed by atoms with Gasteiger partial charge in [-0.1, -0.05) is 41.6 Å². The van der Waals surface area contributed by atoms with Crippen LogP contribution in [0.2, 0.25) is 0 Å². The molecule has 3 heterocycles. The number of nitrogens with one attached hydrogen (secondary N) is 1. The number of para-hydroxylation sites is 3. The van der Waals surface area contributed by atoms with Gasteiger partial charge in [-0.15, -0.1) is 5.10 Å². The lowest BCUT2D eigenvalue weighted by atomic mass is 10.1. The standard InChI is InChI=1S/C28H24N6O3/c1-36-25-12-11-18(13-26(25)37-2)15-33-16-20(31-32-33)17-34-24-10-6-3-7-19(24)14-21(28(34)35)27-29-22-8-4-5-9-23(22)30-27/h3-14,16H,15,17H2,1-2H3,(H,29,30). The Morgan fingerprint density at radius 3 is 2.54 bits per heavy atom. The number of rotatable bonds is 7. The first-order valence-corrected chi connectivity index (χ1v) is 11.8. The fourth-order valence-corrected chi connectivity index (χ4v) is 4.55. The molecule has 0 unspecified atom stereocenters. The van der Waals surface area contributed by atoms with Gasteiger partial charge in [-0.05, 0) is 47.3 Å². The molecular weight excluding hydrogens is 468 g/mol. The maximum atomic E-state index is 13.7. The Morgan fingerprint density at radius 2 is 1.70 bits per heavy atom. The van der Waals surface area contributed by atoms with E-state index in [9.17, 15) is 4.79 Å². The number of methoxy groups -OCH3 is 2. The number of nitrogens with zero attached hydrogens (tertiary/aromatic N) is 5. The molecule has 0 radical (unpaired) electrons. The lowest BCUT2D eigenvalue weighted by Crippen LogP contribution is -2.23. The Morgan fingerprint density at radius 1 is 0.892 bits per heavy atom. The molecule has 9 heteroatoms. The Balaban J connectivity index is 1.35. The number of H-pyrrole nitrogens is 1. The van der Waals surface area contributed by atoms with Gasteiger partial charge in [0.05, 0.1) is 55.6 Å². The number of imidazole rings is 1. The summed E-state index contributed by atoms with van der Waals surface area (Å²) < 4.78 is 14.2. The summed E-state index contributed by atoms with van der Waals surface area (Å²) in [5.74, 6) is 1.87. The number of aromatic amines is 1. The molecule has 6 aromatic rings. The Hall–Kier alpha value is -4.92. The number of benzene rings is 3. The van der Waals surface area contributed by atoms with E-state index >= 15 is 0 Å². The molecule has 0 bridgehead atoms. The molecule has 0 atom stereocenters. The van der Waals surface area contributed by atoms with Crippen LogP contribution in [0.15, 0.2) is 83.8 Å². The number of hydrogen-bond acceptors (Lipinski definition) is 6. The molecule has 3 aromatic carbocycles. The molecule has 0 saturated carbocycles. The number of fused-ring (bicyclic) bond motifs is 2. The van der Waals surface area contributed by atoms with Crippen LogP contribution in [0.3, 0.4) is 0 Å². The van der Waals surface area contributed by atoms with Crippen LogP contribution in [-0.4, -0.2) is 43.7 Å². The van der Waals surface area contributed by atoms with Gasteiger partial charge in [-0.3, -0.25) is 4.79 Å². The minimum atomic E-state index is -0.146. The van der Waals surface area contributed by atoms with E-state index in [1.807, 2.05) is 79.0 Å². The van der Waals surface area contributed by atoms with E-state index in [0.717, 1.165) is 27.5 Å². The number of pyridine rings is 1. The van der Waals surface area contributed by atoms with Crippen LogP contribution in [0.1, 0.15) is 11.3 Å². The molecule has 0 aliphatic rings. The maximum absolute atomic E-state index is 13.7. The van der Waals surface area contributed by atoms with E-state index < -0.39 is 0 Å². The molecule has 0 aliphatic carbocycles. The van der Waals surface area contributed by atoms with Gasteiger partial charge in [0.15, 0.2) is 11.5 Å². The lowest BCUT2D eigenvalue weighted by Gasteiger charge is -2.11. The average Bonchev–Trinajstić information content (AvgIpc) is 3.56. The van der Waals surface area contributed by atoms with E-state index in [4.69, 9.17) is 9.47 Å². The highest BCUT2D eigenvalue weighted by Crippen LogP contribution is 2.28. The van der Waals surface area contributed by atoms with Crippen molar-refractivity contribution in [2.45, 2.75) is 13.1 Å². The zero-order valence-corrected chi connectivity index (χ0v) is 20.4. The van der Waals surface area contributed by atoms with Gasteiger partial charge in [0.25, 0.3) is 5.56 Å². The highest BCUT2D eigenvalue weighted by Gasteiger charge is 2.16. The summed E-state index contributed by atoms with van der Waals surface area (Å²) >= 11 is 0. The van der Waals surface area contributed by atoms with Gasteiger partial charge in [-0.25, -0.2) is 9.67 Å². The van der Waals surface area contributed by atoms with Crippen LogP contribution in [0, 0.1) is 0 Å². The average molecular weight is 493 g/mol. The van der Waals surface area contributed by atoms with Crippen molar-refractivity contribution in [3.8, 4) is 22.9 Å². The zero-order valence-electron chi connectivity index (χ0n) is 20.4. The molecule has 0 aliphatic heterocycles. The van der Waals surface area contributed by atoms with Crippen LogP contribution >= 0.6 is 0 Å². The highest BCUT2D eigenvalue weighted by atomic mass is 16.5. The number of ether oxygens (including phenoxy) is 2. The summed E-state index contributed by atoms with van der Waals surface area (Å²) in [5.41, 5.74) is 4.55. The zero-order chi connectivity index (χ0) is 25.4. The van der Waals surface area contributed by atoms with Gasteiger partial charge < -0.3 is 19.0 Å². The molecule has 9 nitrogen and oxygen atoms in total. The van der Waals surface area contributed by atoms with Crippen LogP contribution in [0.5, 0.6) is 11.5 Å². The highest BCUT2D eigenvalue weighted by molar-refractivity contribution is 5.85. The quantitative estimate of drug-likeness (QED) is 0.358. The predicted octanol–water partition coefficient (Wildman–Crippen LogP) is 4.25. The SMILES string of the molecule is COc1ccc(Cn2cc(Cn3c(=O)c(-c4nc5ccccc5[nH]4)cc4ccccc43)nn2)cc1OC. The molecule has 184 valence electrons. The van der Waals surface area contributed by atoms with E-state index in [1.54, 1.807) is 23.5 Å². The molecule has 0 fully saturated rings.